The Bertz CT molecular complexity index is 332. The molecule has 0 N–H and O–H groups in total. The van der Waals surface area contributed by atoms with Gasteiger partial charge in [0, 0.05) is 17.1 Å². The molecule has 18 heavy (non-hydrogen) atoms. The van der Waals surface area contributed by atoms with Crippen molar-refractivity contribution in [3.05, 3.63) is 0 Å². The number of hydrogen-bond donors (Lipinski definition) is 0. The van der Waals surface area contributed by atoms with Gasteiger partial charge >= 0.3 is 0 Å². The van der Waals surface area contributed by atoms with E-state index >= 15 is 0 Å². The largest absolute Gasteiger partial charge is 0.789 e. The molecule has 102 valence electrons. The van der Waals surface area contributed by atoms with Gasteiger partial charge in [0.25, 0.3) is 0 Å². The van der Waals surface area contributed by atoms with Crippen LogP contribution in [0.4, 0.5) is 0 Å². The number of hydrogen-bond acceptors (Lipinski definition) is 5. The molecule has 0 spiro atoms. The van der Waals surface area contributed by atoms with Gasteiger partial charge in [0.1, 0.15) is 0 Å². The van der Waals surface area contributed by atoms with Gasteiger partial charge < -0.3 is 12.6 Å². The zero-order valence-electron chi connectivity index (χ0n) is 10.6. The molecule has 2 saturated carbocycles. The Morgan fingerprint density at radius 3 is 2.28 bits per heavy atom. The third kappa shape index (κ3) is 3.70. The molecule has 0 aromatic rings. The van der Waals surface area contributed by atoms with E-state index < -0.39 is 0 Å². The van der Waals surface area contributed by atoms with Gasteiger partial charge in [-0.05, 0) is 31.9 Å². The molecule has 0 bridgehead atoms. The fourth-order valence-electron chi connectivity index (χ4n) is 2.84. The molecule has 0 aromatic carbocycles. The highest BCUT2D eigenvalue weighted by Crippen LogP contribution is 2.39. The highest BCUT2D eigenvalue weighted by Gasteiger charge is 2.33. The topological polar surface area (TPSA) is 34.1 Å². The van der Waals surface area contributed by atoms with Crippen molar-refractivity contribution in [2.45, 2.75) is 49.0 Å². The summed E-state index contributed by atoms with van der Waals surface area (Å²) < 4.78 is 0. The third-order valence-electron chi connectivity index (χ3n) is 3.92. The number of rotatable bonds is 3. The first-order valence-corrected chi connectivity index (χ1v) is 9.12. The van der Waals surface area contributed by atoms with E-state index in [2.05, 4.69) is 0 Å². The van der Waals surface area contributed by atoms with Crippen molar-refractivity contribution in [2.24, 2.45) is 11.8 Å². The van der Waals surface area contributed by atoms with Crippen LogP contribution in [0, 0.1) is 11.8 Å². The van der Waals surface area contributed by atoms with Gasteiger partial charge in [0.15, 0.2) is 10.2 Å². The van der Waals surface area contributed by atoms with Crippen LogP contribution in [-0.2, 0) is 22.2 Å². The summed E-state index contributed by atoms with van der Waals surface area (Å²) >= 11 is 8.05. The molecule has 0 heterocycles. The van der Waals surface area contributed by atoms with Crippen LogP contribution >= 0.6 is 23.5 Å². The summed E-state index contributed by atoms with van der Waals surface area (Å²) in [6.45, 7) is 0. The predicted octanol–water partition coefficient (Wildman–Crippen LogP) is 3.02. The van der Waals surface area contributed by atoms with Crippen molar-refractivity contribution in [2.75, 3.05) is 6.26 Å². The normalized spacial score (nSPS) is 35.9. The summed E-state index contributed by atoms with van der Waals surface area (Å²) in [5, 5.41) is 1.28. The van der Waals surface area contributed by atoms with Crippen LogP contribution in [0.1, 0.15) is 38.5 Å². The minimum absolute atomic E-state index is 0.181. The first-order chi connectivity index (χ1) is 8.60. The van der Waals surface area contributed by atoms with Gasteiger partial charge in [-0.1, -0.05) is 36.4 Å². The molecular weight excluding hydrogens is 284 g/mol. The second kappa shape index (κ2) is 6.71. The summed E-state index contributed by atoms with van der Waals surface area (Å²) in [6.07, 6.45) is 7.58. The molecular formula is C13H19O2S3-. The second-order valence-corrected chi connectivity index (χ2v) is 8.01. The summed E-state index contributed by atoms with van der Waals surface area (Å²) in [7, 11) is 0. The van der Waals surface area contributed by atoms with E-state index in [-0.39, 0.29) is 17.0 Å². The van der Waals surface area contributed by atoms with E-state index in [1.165, 1.54) is 23.5 Å². The predicted molar refractivity (Wildman–Crippen MR) is 80.7 cm³/mol. The van der Waals surface area contributed by atoms with Crippen LogP contribution in [-0.4, -0.2) is 27.0 Å². The maximum Gasteiger partial charge on any atom is 0.192 e. The average Bonchev–Trinajstić information content (AvgIpc) is 2.97. The molecule has 0 radical (unpaired) electrons. The van der Waals surface area contributed by atoms with E-state index in [0.29, 0.717) is 15.6 Å². The second-order valence-electron chi connectivity index (χ2n) is 5.22. The van der Waals surface area contributed by atoms with Crippen LogP contribution in [0.2, 0.25) is 0 Å². The zero-order valence-corrected chi connectivity index (χ0v) is 13.0. The Hall–Kier alpha value is 0.390. The number of carbonyl (C=O) groups excluding carboxylic acids is 2. The Kier molecular flexibility index (Phi) is 5.51. The maximum atomic E-state index is 12.1. The first kappa shape index (κ1) is 14.8. The minimum atomic E-state index is 0.181. The molecule has 0 amide bonds. The van der Waals surface area contributed by atoms with Gasteiger partial charge in [0.2, 0.25) is 0 Å². The summed E-state index contributed by atoms with van der Waals surface area (Å²) in [6, 6.07) is 0. The molecule has 0 unspecified atom stereocenters. The van der Waals surface area contributed by atoms with Gasteiger partial charge in [0.05, 0.1) is 0 Å². The summed E-state index contributed by atoms with van der Waals surface area (Å²) in [4.78, 5) is 23.7. The van der Waals surface area contributed by atoms with E-state index in [9.17, 15) is 9.59 Å². The minimum Gasteiger partial charge on any atom is -0.789 e. The van der Waals surface area contributed by atoms with Crippen LogP contribution in [0.5, 0.6) is 0 Å². The van der Waals surface area contributed by atoms with Crippen molar-refractivity contribution < 1.29 is 9.59 Å². The lowest BCUT2D eigenvalue weighted by molar-refractivity contribution is -0.115. The molecule has 2 aliphatic rings. The lowest BCUT2D eigenvalue weighted by Crippen LogP contribution is -2.13. The highest BCUT2D eigenvalue weighted by atomic mass is 32.2. The number of thioether (sulfide) groups is 2. The van der Waals surface area contributed by atoms with Crippen molar-refractivity contribution >= 4 is 46.4 Å². The van der Waals surface area contributed by atoms with Crippen LogP contribution in [0.15, 0.2) is 0 Å². The standard InChI is InChI=1S/C13H20O2S3/c1-17-12(14)9-3-5-11(7-9)18-13(15)8-2-4-10(16)6-8/h8-11,16H,2-7H2,1H3/p-1/t8-,9+,10+,11-/m0/s1. The zero-order chi connectivity index (χ0) is 13.1. The van der Waals surface area contributed by atoms with Gasteiger partial charge in [-0.15, -0.1) is 0 Å². The smallest absolute Gasteiger partial charge is 0.192 e. The highest BCUT2D eigenvalue weighted by molar-refractivity contribution is 8.14. The molecule has 2 aliphatic carbocycles. The molecule has 0 aliphatic heterocycles. The van der Waals surface area contributed by atoms with Gasteiger partial charge in [-0.3, -0.25) is 9.59 Å². The van der Waals surface area contributed by atoms with E-state index in [1.54, 1.807) is 0 Å². The lowest BCUT2D eigenvalue weighted by atomic mass is 10.1. The van der Waals surface area contributed by atoms with Crippen molar-refractivity contribution in [1.29, 1.82) is 0 Å². The van der Waals surface area contributed by atoms with Crippen molar-refractivity contribution in [3.8, 4) is 0 Å². The third-order valence-corrected chi connectivity index (χ3v) is 6.41. The molecule has 2 rings (SSSR count). The molecule has 2 nitrogen and oxygen atoms in total. The quantitative estimate of drug-likeness (QED) is 0.749. The lowest BCUT2D eigenvalue weighted by Gasteiger charge is -2.15. The molecule has 2 fully saturated rings. The van der Waals surface area contributed by atoms with Crippen LogP contribution in [0.25, 0.3) is 0 Å². The number of carbonyl (C=O) groups is 2. The van der Waals surface area contributed by atoms with Crippen molar-refractivity contribution in [3.63, 3.8) is 0 Å². The van der Waals surface area contributed by atoms with Crippen LogP contribution in [0.3, 0.4) is 0 Å². The Morgan fingerprint density at radius 1 is 1.00 bits per heavy atom. The molecule has 4 atom stereocenters. The fourth-order valence-corrected chi connectivity index (χ4v) is 5.08. The van der Waals surface area contributed by atoms with Gasteiger partial charge in [-0.25, -0.2) is 0 Å². The Balaban J connectivity index is 1.77. The maximum absolute atomic E-state index is 12.1. The Morgan fingerprint density at radius 2 is 1.67 bits per heavy atom. The molecule has 0 aromatic heterocycles. The first-order valence-electron chi connectivity index (χ1n) is 6.54. The average molecular weight is 303 g/mol. The van der Waals surface area contributed by atoms with Gasteiger partial charge in [-0.2, -0.15) is 5.25 Å². The van der Waals surface area contributed by atoms with E-state index in [0.717, 1.165) is 38.5 Å². The Labute approximate surface area is 123 Å². The van der Waals surface area contributed by atoms with Crippen LogP contribution < -0.4 is 0 Å². The molecule has 5 heteroatoms. The van der Waals surface area contributed by atoms with E-state index in [4.69, 9.17) is 12.6 Å². The monoisotopic (exact) mass is 303 g/mol. The fraction of sp³-hybridized carbons (Fsp3) is 0.846. The van der Waals surface area contributed by atoms with Crippen molar-refractivity contribution in [1.82, 2.24) is 0 Å². The SMILES string of the molecule is CSC(=O)[C@@H]1CC[C@H](SC(=O)[C@H]2CC[C@@H]([S-])C2)C1. The summed E-state index contributed by atoms with van der Waals surface area (Å²) in [5.41, 5.74) is 0. The molecule has 0 saturated heterocycles. The summed E-state index contributed by atoms with van der Waals surface area (Å²) in [5.74, 6) is 0.369. The van der Waals surface area contributed by atoms with E-state index in [1.807, 2.05) is 6.26 Å².